The highest BCUT2D eigenvalue weighted by Gasteiger charge is 2.55. The van der Waals surface area contributed by atoms with Crippen LogP contribution in [0.2, 0.25) is 18.1 Å². The van der Waals surface area contributed by atoms with Gasteiger partial charge in [-0.25, -0.2) is 4.79 Å². The molecule has 1 amide bonds. The predicted molar refractivity (Wildman–Crippen MR) is 118 cm³/mol. The van der Waals surface area contributed by atoms with Crippen molar-refractivity contribution in [2.24, 2.45) is 0 Å². The molecule has 28 heavy (non-hydrogen) atoms. The summed E-state index contributed by atoms with van der Waals surface area (Å²) >= 11 is 0. The molecule has 1 aromatic rings. The molecule has 0 aromatic heterocycles. The molecular formula is C23H39NO3Si. The average molecular weight is 406 g/mol. The van der Waals surface area contributed by atoms with Crippen molar-refractivity contribution in [3.8, 4) is 0 Å². The maximum absolute atomic E-state index is 12.9. The number of benzene rings is 1. The molecule has 2 rings (SSSR count). The lowest BCUT2D eigenvalue weighted by Crippen LogP contribution is -2.42. The Morgan fingerprint density at radius 1 is 1.04 bits per heavy atom. The van der Waals surface area contributed by atoms with Crippen molar-refractivity contribution < 1.29 is 14.0 Å². The number of carbonyl (C=O) groups is 1. The first-order chi connectivity index (χ1) is 12.5. The lowest BCUT2D eigenvalue weighted by atomic mass is 9.96. The Bertz CT molecular complexity index is 720. The van der Waals surface area contributed by atoms with Crippen molar-refractivity contribution in [2.75, 3.05) is 6.61 Å². The summed E-state index contributed by atoms with van der Waals surface area (Å²) in [4.78, 5) is 14.7. The minimum Gasteiger partial charge on any atom is -0.444 e. The maximum Gasteiger partial charge on any atom is 0.411 e. The summed E-state index contributed by atoms with van der Waals surface area (Å²) in [6.07, 6.45) is -0.249. The lowest BCUT2D eigenvalue weighted by Gasteiger charge is -2.36. The van der Waals surface area contributed by atoms with E-state index in [0.717, 1.165) is 0 Å². The summed E-state index contributed by atoms with van der Waals surface area (Å²) in [5, 5.41) is 0.143. The first-order valence-electron chi connectivity index (χ1n) is 10.3. The van der Waals surface area contributed by atoms with Crippen LogP contribution in [0, 0.1) is 20.8 Å². The van der Waals surface area contributed by atoms with Crippen LogP contribution in [-0.2, 0) is 9.16 Å². The molecule has 0 bridgehead atoms. The van der Waals surface area contributed by atoms with Gasteiger partial charge in [0.2, 0.25) is 0 Å². The maximum atomic E-state index is 12.9. The number of amides is 1. The summed E-state index contributed by atoms with van der Waals surface area (Å²) in [5.74, 6) is 0. The number of rotatable bonds is 4. The second kappa shape index (κ2) is 7.49. The molecule has 1 aliphatic heterocycles. The van der Waals surface area contributed by atoms with Crippen molar-refractivity contribution in [2.45, 2.75) is 98.1 Å². The Kier molecular flexibility index (Phi) is 6.14. The monoisotopic (exact) mass is 405 g/mol. The van der Waals surface area contributed by atoms with Crippen LogP contribution < -0.4 is 0 Å². The first-order valence-corrected chi connectivity index (χ1v) is 13.2. The van der Waals surface area contributed by atoms with Gasteiger partial charge in [-0.2, -0.15) is 0 Å². The smallest absolute Gasteiger partial charge is 0.411 e. The Hall–Kier alpha value is -1.33. The first kappa shape index (κ1) is 23.0. The number of aryl methyl sites for hydroxylation is 3. The predicted octanol–water partition coefficient (Wildman–Crippen LogP) is 6.29. The van der Waals surface area contributed by atoms with E-state index in [-0.39, 0.29) is 23.2 Å². The molecule has 2 atom stereocenters. The number of nitrogens with zero attached hydrogens (tertiary/aromatic N) is 1. The van der Waals surface area contributed by atoms with Crippen molar-refractivity contribution in [1.82, 2.24) is 4.90 Å². The largest absolute Gasteiger partial charge is 0.444 e. The highest BCUT2D eigenvalue weighted by molar-refractivity contribution is 6.74. The quantitative estimate of drug-likeness (QED) is 0.436. The fourth-order valence-corrected chi connectivity index (χ4v) is 4.53. The summed E-state index contributed by atoms with van der Waals surface area (Å²) < 4.78 is 12.2. The van der Waals surface area contributed by atoms with Gasteiger partial charge in [-0.15, -0.1) is 0 Å². The van der Waals surface area contributed by atoms with E-state index in [0.29, 0.717) is 6.61 Å². The van der Waals surface area contributed by atoms with Gasteiger partial charge in [-0.05, 0) is 76.4 Å². The normalized spacial score (nSPS) is 20.3. The number of hydrogen-bond donors (Lipinski definition) is 0. The molecule has 0 aliphatic carbocycles. The Balaban J connectivity index is 2.29. The van der Waals surface area contributed by atoms with Crippen LogP contribution in [0.4, 0.5) is 4.79 Å². The Morgan fingerprint density at radius 3 is 1.96 bits per heavy atom. The molecule has 158 valence electrons. The van der Waals surface area contributed by atoms with E-state index in [1.807, 2.05) is 25.7 Å². The van der Waals surface area contributed by atoms with Gasteiger partial charge in [0.25, 0.3) is 0 Å². The van der Waals surface area contributed by atoms with Gasteiger partial charge < -0.3 is 9.16 Å². The molecule has 5 heteroatoms. The van der Waals surface area contributed by atoms with Gasteiger partial charge in [-0.1, -0.05) is 38.5 Å². The van der Waals surface area contributed by atoms with Gasteiger partial charge in [0, 0.05) is 0 Å². The highest BCUT2D eigenvalue weighted by Crippen LogP contribution is 2.48. The minimum atomic E-state index is -1.88. The molecular weight excluding hydrogens is 366 g/mol. The zero-order chi connectivity index (χ0) is 21.7. The van der Waals surface area contributed by atoms with E-state index in [4.69, 9.17) is 9.16 Å². The van der Waals surface area contributed by atoms with Gasteiger partial charge in [0.05, 0.1) is 18.7 Å². The molecule has 1 aromatic carbocycles. The molecule has 1 aliphatic rings. The zero-order valence-corrected chi connectivity index (χ0v) is 20.7. The molecule has 0 unspecified atom stereocenters. The number of hydrogen-bond acceptors (Lipinski definition) is 3. The van der Waals surface area contributed by atoms with Crippen LogP contribution in [0.3, 0.4) is 0 Å². The van der Waals surface area contributed by atoms with Crippen LogP contribution in [-0.4, -0.2) is 37.6 Å². The third-order valence-electron chi connectivity index (χ3n) is 5.99. The fraction of sp³-hybridized carbons (Fsp3) is 0.696. The van der Waals surface area contributed by atoms with Crippen LogP contribution in [0.15, 0.2) is 12.1 Å². The van der Waals surface area contributed by atoms with Crippen molar-refractivity contribution in [3.05, 3.63) is 34.4 Å². The third kappa shape index (κ3) is 4.98. The molecule has 0 N–H and O–H groups in total. The van der Waals surface area contributed by atoms with Crippen LogP contribution >= 0.6 is 0 Å². The highest BCUT2D eigenvalue weighted by atomic mass is 28.4. The van der Waals surface area contributed by atoms with Crippen LogP contribution in [0.25, 0.3) is 0 Å². The topological polar surface area (TPSA) is 38.5 Å². The molecule has 1 saturated heterocycles. The third-order valence-corrected chi connectivity index (χ3v) is 10.5. The SMILES string of the molecule is Cc1cc(C)c([C@@H]2[C@@H](CO[Si](C)(C)C(C)(C)C)N2C(=O)OC(C)(C)C)c(C)c1. The Labute approximate surface area is 172 Å². The van der Waals surface area contributed by atoms with Gasteiger partial charge in [-0.3, -0.25) is 4.90 Å². The standard InChI is InChI=1S/C23H39NO3Si/c1-15-12-16(2)19(17(3)13-15)20-18(14-26-28(10,11)23(7,8)9)24(20)21(25)27-22(4,5)6/h12-13,18,20H,14H2,1-11H3/t18-,20+,24?/m1/s1. The summed E-state index contributed by atoms with van der Waals surface area (Å²) in [5.41, 5.74) is 4.43. The molecule has 1 heterocycles. The molecule has 0 saturated carbocycles. The lowest BCUT2D eigenvalue weighted by molar-refractivity contribution is 0.0383. The van der Waals surface area contributed by atoms with E-state index in [1.54, 1.807) is 0 Å². The zero-order valence-electron chi connectivity index (χ0n) is 19.7. The molecule has 0 spiro atoms. The van der Waals surface area contributed by atoms with E-state index in [1.165, 1.54) is 22.3 Å². The summed E-state index contributed by atoms with van der Waals surface area (Å²) in [6.45, 7) is 23.9. The second-order valence-corrected chi connectivity index (χ2v) is 15.6. The van der Waals surface area contributed by atoms with E-state index >= 15 is 0 Å². The van der Waals surface area contributed by atoms with E-state index in [2.05, 4.69) is 66.8 Å². The molecule has 4 nitrogen and oxygen atoms in total. The summed E-state index contributed by atoms with van der Waals surface area (Å²) in [7, 11) is -1.88. The second-order valence-electron chi connectivity index (χ2n) is 10.8. The van der Waals surface area contributed by atoms with Crippen LogP contribution in [0.1, 0.15) is 69.8 Å². The average Bonchev–Trinajstić information content (AvgIpc) is 3.15. The van der Waals surface area contributed by atoms with Gasteiger partial charge in [0.15, 0.2) is 8.32 Å². The van der Waals surface area contributed by atoms with Gasteiger partial charge >= 0.3 is 6.09 Å². The van der Waals surface area contributed by atoms with Crippen LogP contribution in [0.5, 0.6) is 0 Å². The Morgan fingerprint density at radius 2 is 1.54 bits per heavy atom. The molecule has 0 radical (unpaired) electrons. The van der Waals surface area contributed by atoms with Gasteiger partial charge in [0.1, 0.15) is 5.60 Å². The van der Waals surface area contributed by atoms with Crippen molar-refractivity contribution in [3.63, 3.8) is 0 Å². The minimum absolute atomic E-state index is 0.0280. The fourth-order valence-electron chi connectivity index (χ4n) is 3.51. The van der Waals surface area contributed by atoms with Crippen molar-refractivity contribution in [1.29, 1.82) is 0 Å². The van der Waals surface area contributed by atoms with E-state index < -0.39 is 13.9 Å². The number of carbonyl (C=O) groups excluding carboxylic acids is 1. The van der Waals surface area contributed by atoms with Crippen molar-refractivity contribution >= 4 is 14.4 Å². The molecule has 1 fully saturated rings. The number of ether oxygens (including phenoxy) is 1. The summed E-state index contributed by atoms with van der Waals surface area (Å²) in [6, 6.07) is 4.45. The van der Waals surface area contributed by atoms with E-state index in [9.17, 15) is 4.79 Å².